The van der Waals surface area contributed by atoms with Gasteiger partial charge in [-0.15, -0.1) is 0 Å². The normalized spacial score (nSPS) is 14.2. The first-order valence-electron chi connectivity index (χ1n) is 6.74. The van der Waals surface area contributed by atoms with Crippen LogP contribution in [0.2, 0.25) is 0 Å². The second kappa shape index (κ2) is 4.96. The molecule has 2 heterocycles. The molecule has 0 fully saturated rings. The van der Waals surface area contributed by atoms with E-state index >= 15 is 0 Å². The first kappa shape index (κ1) is 14.6. The van der Waals surface area contributed by atoms with E-state index in [9.17, 15) is 4.79 Å². The lowest BCUT2D eigenvalue weighted by atomic mass is 10.1. The second-order valence-electron chi connectivity index (χ2n) is 6.12. The molecule has 0 saturated carbocycles. The Morgan fingerprint density at radius 1 is 1.25 bits per heavy atom. The number of pyridine rings is 1. The Labute approximate surface area is 119 Å². The maximum atomic E-state index is 12.1. The van der Waals surface area contributed by atoms with Gasteiger partial charge in [-0.25, -0.2) is 4.79 Å². The molecule has 20 heavy (non-hydrogen) atoms. The van der Waals surface area contributed by atoms with Crippen molar-refractivity contribution in [1.29, 1.82) is 0 Å². The molecule has 0 aromatic carbocycles. The smallest absolute Gasteiger partial charge is 0.410 e. The van der Waals surface area contributed by atoms with Crippen molar-refractivity contribution in [3.63, 3.8) is 0 Å². The molecule has 0 bridgehead atoms. The van der Waals surface area contributed by atoms with Crippen molar-refractivity contribution in [1.82, 2.24) is 9.88 Å². The quantitative estimate of drug-likeness (QED) is 0.792. The van der Waals surface area contributed by atoms with Gasteiger partial charge in [0.1, 0.15) is 11.4 Å². The third-order valence-corrected chi connectivity index (χ3v) is 3.32. The summed E-state index contributed by atoms with van der Waals surface area (Å²) in [6, 6.07) is 0. The number of ether oxygens (including phenoxy) is 2. The molecule has 0 unspecified atom stereocenters. The van der Waals surface area contributed by atoms with Crippen molar-refractivity contribution >= 4 is 6.09 Å². The van der Waals surface area contributed by atoms with E-state index in [1.54, 1.807) is 12.0 Å². The van der Waals surface area contributed by atoms with E-state index in [-0.39, 0.29) is 6.09 Å². The van der Waals surface area contributed by atoms with Crippen LogP contribution in [0.1, 0.15) is 43.3 Å². The fourth-order valence-electron chi connectivity index (χ4n) is 2.47. The van der Waals surface area contributed by atoms with E-state index in [0.29, 0.717) is 13.1 Å². The summed E-state index contributed by atoms with van der Waals surface area (Å²) in [5, 5.41) is 0. The van der Waals surface area contributed by atoms with Crippen LogP contribution in [0, 0.1) is 13.8 Å². The largest absolute Gasteiger partial charge is 0.495 e. The van der Waals surface area contributed by atoms with Crippen LogP contribution in [0.4, 0.5) is 4.79 Å². The average molecular weight is 278 g/mol. The SMILES string of the molecule is COc1c(C)nc2c(c1C)CN(C(=O)OC(C)(C)C)C2. The van der Waals surface area contributed by atoms with Crippen molar-refractivity contribution in [2.75, 3.05) is 7.11 Å². The zero-order valence-electron chi connectivity index (χ0n) is 13.0. The minimum atomic E-state index is -0.484. The highest BCUT2D eigenvalue weighted by Crippen LogP contribution is 2.32. The lowest BCUT2D eigenvalue weighted by molar-refractivity contribution is 0.0240. The Hall–Kier alpha value is -1.78. The van der Waals surface area contributed by atoms with Crippen molar-refractivity contribution in [2.45, 2.75) is 53.3 Å². The number of hydrogen-bond acceptors (Lipinski definition) is 4. The zero-order chi connectivity index (χ0) is 15.1. The number of nitrogens with zero attached hydrogens (tertiary/aromatic N) is 2. The first-order valence-corrected chi connectivity index (χ1v) is 6.74. The van der Waals surface area contributed by atoms with Crippen molar-refractivity contribution < 1.29 is 14.3 Å². The number of amides is 1. The number of carbonyl (C=O) groups excluding carboxylic acids is 1. The fraction of sp³-hybridized carbons (Fsp3) is 0.600. The number of hydrogen-bond donors (Lipinski definition) is 0. The van der Waals surface area contributed by atoms with Crippen LogP contribution in [-0.4, -0.2) is 28.7 Å². The topological polar surface area (TPSA) is 51.7 Å². The Morgan fingerprint density at radius 2 is 1.90 bits per heavy atom. The number of methoxy groups -OCH3 is 1. The van der Waals surface area contributed by atoms with Gasteiger partial charge in [0.05, 0.1) is 31.6 Å². The van der Waals surface area contributed by atoms with Gasteiger partial charge in [0, 0.05) is 5.56 Å². The molecular weight excluding hydrogens is 256 g/mol. The number of aromatic nitrogens is 1. The van der Waals surface area contributed by atoms with E-state index in [4.69, 9.17) is 9.47 Å². The molecule has 0 atom stereocenters. The van der Waals surface area contributed by atoms with Gasteiger partial charge in [-0.05, 0) is 40.2 Å². The highest BCUT2D eigenvalue weighted by atomic mass is 16.6. The van der Waals surface area contributed by atoms with Crippen LogP contribution in [-0.2, 0) is 17.8 Å². The average Bonchev–Trinajstić information content (AvgIpc) is 2.71. The summed E-state index contributed by atoms with van der Waals surface area (Å²) in [5.41, 5.74) is 3.43. The third-order valence-electron chi connectivity index (χ3n) is 3.32. The first-order chi connectivity index (χ1) is 9.23. The van der Waals surface area contributed by atoms with Crippen molar-refractivity contribution in [3.8, 4) is 5.75 Å². The predicted octanol–water partition coefficient (Wildman–Crippen LogP) is 2.96. The maximum Gasteiger partial charge on any atom is 0.410 e. The summed E-state index contributed by atoms with van der Waals surface area (Å²) in [6.07, 6.45) is -0.300. The standard InChI is InChI=1S/C15H22N2O3/c1-9-11-7-17(14(18)20-15(3,4)5)8-12(11)16-10(2)13(9)19-6/h7-8H2,1-6H3. The molecular formula is C15H22N2O3. The summed E-state index contributed by atoms with van der Waals surface area (Å²) in [7, 11) is 1.64. The van der Waals surface area contributed by atoms with Crippen LogP contribution in [0.5, 0.6) is 5.75 Å². The van der Waals surface area contributed by atoms with E-state index in [1.807, 2.05) is 34.6 Å². The molecule has 5 nitrogen and oxygen atoms in total. The van der Waals surface area contributed by atoms with Gasteiger partial charge in [-0.1, -0.05) is 0 Å². The molecule has 0 radical (unpaired) electrons. The minimum Gasteiger partial charge on any atom is -0.495 e. The molecule has 0 spiro atoms. The van der Waals surface area contributed by atoms with E-state index in [1.165, 1.54) is 0 Å². The summed E-state index contributed by atoms with van der Waals surface area (Å²) in [4.78, 5) is 18.3. The molecule has 110 valence electrons. The Morgan fingerprint density at radius 3 is 2.45 bits per heavy atom. The lowest BCUT2D eigenvalue weighted by Crippen LogP contribution is -2.33. The van der Waals surface area contributed by atoms with Crippen molar-refractivity contribution in [2.24, 2.45) is 0 Å². The van der Waals surface area contributed by atoms with Gasteiger partial charge < -0.3 is 9.47 Å². The molecule has 0 aliphatic carbocycles. The van der Waals surface area contributed by atoms with Crippen LogP contribution >= 0.6 is 0 Å². The number of fused-ring (bicyclic) bond motifs is 1. The summed E-state index contributed by atoms with van der Waals surface area (Å²) < 4.78 is 10.8. The summed E-state index contributed by atoms with van der Waals surface area (Å²) in [6.45, 7) is 10.5. The molecule has 1 amide bonds. The highest BCUT2D eigenvalue weighted by Gasteiger charge is 2.31. The molecule has 5 heteroatoms. The Balaban J connectivity index is 2.24. The van der Waals surface area contributed by atoms with Gasteiger partial charge in [0.2, 0.25) is 0 Å². The van der Waals surface area contributed by atoms with Gasteiger partial charge in [-0.3, -0.25) is 9.88 Å². The third kappa shape index (κ3) is 2.71. The molecule has 0 saturated heterocycles. The second-order valence-corrected chi connectivity index (χ2v) is 6.12. The van der Waals surface area contributed by atoms with E-state index < -0.39 is 5.60 Å². The van der Waals surface area contributed by atoms with Gasteiger partial charge >= 0.3 is 6.09 Å². The van der Waals surface area contributed by atoms with Crippen LogP contribution in [0.25, 0.3) is 0 Å². The minimum absolute atomic E-state index is 0.300. The number of rotatable bonds is 1. The highest BCUT2D eigenvalue weighted by molar-refractivity contribution is 5.69. The predicted molar refractivity (Wildman–Crippen MR) is 75.7 cm³/mol. The molecule has 2 rings (SSSR count). The molecule has 1 aliphatic heterocycles. The molecule has 1 aromatic rings. The van der Waals surface area contributed by atoms with Gasteiger partial charge in [0.15, 0.2) is 0 Å². The molecule has 0 N–H and O–H groups in total. The maximum absolute atomic E-state index is 12.1. The zero-order valence-corrected chi connectivity index (χ0v) is 13.0. The van der Waals surface area contributed by atoms with Gasteiger partial charge in [-0.2, -0.15) is 0 Å². The van der Waals surface area contributed by atoms with Crippen LogP contribution in [0.3, 0.4) is 0 Å². The summed E-state index contributed by atoms with van der Waals surface area (Å²) >= 11 is 0. The van der Waals surface area contributed by atoms with Crippen LogP contribution < -0.4 is 4.74 Å². The van der Waals surface area contributed by atoms with Crippen LogP contribution in [0.15, 0.2) is 0 Å². The van der Waals surface area contributed by atoms with Gasteiger partial charge in [0.25, 0.3) is 0 Å². The lowest BCUT2D eigenvalue weighted by Gasteiger charge is -2.24. The fourth-order valence-corrected chi connectivity index (χ4v) is 2.47. The molecule has 1 aliphatic rings. The van der Waals surface area contributed by atoms with Crippen molar-refractivity contribution in [3.05, 3.63) is 22.5 Å². The van der Waals surface area contributed by atoms with E-state index in [0.717, 1.165) is 28.3 Å². The van der Waals surface area contributed by atoms with E-state index in [2.05, 4.69) is 4.98 Å². The Kier molecular flexibility index (Phi) is 3.63. The molecule has 1 aromatic heterocycles. The number of aryl methyl sites for hydroxylation is 1. The summed E-state index contributed by atoms with van der Waals surface area (Å²) in [5.74, 6) is 0.801. The Bertz CT molecular complexity index is 547. The monoisotopic (exact) mass is 278 g/mol. The number of carbonyl (C=O) groups is 1.